The maximum absolute atomic E-state index is 13.1. The molecule has 0 amide bonds. The average Bonchev–Trinajstić information content (AvgIpc) is 1.97. The lowest BCUT2D eigenvalue weighted by Crippen LogP contribution is -2.04. The van der Waals surface area contributed by atoms with Crippen LogP contribution in [0.2, 0.25) is 0 Å². The zero-order valence-electron chi connectivity index (χ0n) is 7.84. The quantitative estimate of drug-likeness (QED) is 0.761. The summed E-state index contributed by atoms with van der Waals surface area (Å²) >= 11 is 0. The third-order valence-corrected chi connectivity index (χ3v) is 2.58. The number of sulfone groups is 1. The van der Waals surface area contributed by atoms with Crippen LogP contribution >= 0.6 is 0 Å². The molecule has 2 nitrogen and oxygen atoms in total. The zero-order chi connectivity index (χ0) is 10.9. The summed E-state index contributed by atoms with van der Waals surface area (Å²) in [5.74, 6) is -1.89. The van der Waals surface area contributed by atoms with Crippen molar-refractivity contribution in [1.29, 1.82) is 0 Å². The van der Waals surface area contributed by atoms with Crippen LogP contribution < -0.4 is 0 Å². The van der Waals surface area contributed by atoms with E-state index in [0.717, 1.165) is 6.26 Å². The van der Waals surface area contributed by atoms with E-state index < -0.39 is 27.2 Å². The summed E-state index contributed by atoms with van der Waals surface area (Å²) in [6.07, 6.45) is 1.01. The van der Waals surface area contributed by atoms with Gasteiger partial charge in [0, 0.05) is 17.9 Å². The Kier molecular flexibility index (Phi) is 2.89. The summed E-state index contributed by atoms with van der Waals surface area (Å²) in [7, 11) is -3.29. The summed E-state index contributed by atoms with van der Waals surface area (Å²) in [4.78, 5) is 0. The van der Waals surface area contributed by atoms with Gasteiger partial charge in [-0.05, 0) is 18.6 Å². The van der Waals surface area contributed by atoms with E-state index in [4.69, 9.17) is 0 Å². The van der Waals surface area contributed by atoms with Crippen molar-refractivity contribution in [2.45, 2.75) is 12.7 Å². The van der Waals surface area contributed by atoms with Crippen molar-refractivity contribution >= 4 is 9.84 Å². The second-order valence-electron chi connectivity index (χ2n) is 3.26. The van der Waals surface area contributed by atoms with E-state index in [-0.39, 0.29) is 11.1 Å². The average molecular weight is 220 g/mol. The minimum atomic E-state index is -3.29. The number of rotatable bonds is 2. The van der Waals surface area contributed by atoms with Crippen LogP contribution in [0.5, 0.6) is 0 Å². The van der Waals surface area contributed by atoms with E-state index >= 15 is 0 Å². The lowest BCUT2D eigenvalue weighted by atomic mass is 10.1. The van der Waals surface area contributed by atoms with Crippen molar-refractivity contribution in [3.8, 4) is 0 Å². The molecule has 0 radical (unpaired) electrons. The molecule has 0 heterocycles. The maximum atomic E-state index is 13.1. The fourth-order valence-electron chi connectivity index (χ4n) is 1.11. The van der Waals surface area contributed by atoms with Crippen molar-refractivity contribution < 1.29 is 17.2 Å². The molecule has 0 unspecified atom stereocenters. The summed E-state index contributed by atoms with van der Waals surface area (Å²) in [5.41, 5.74) is 0.247. The molecular formula is C9H10F2O2S. The minimum Gasteiger partial charge on any atom is -0.229 e. The van der Waals surface area contributed by atoms with Gasteiger partial charge < -0.3 is 0 Å². The van der Waals surface area contributed by atoms with Gasteiger partial charge in [-0.15, -0.1) is 0 Å². The summed E-state index contributed by atoms with van der Waals surface area (Å²) in [6.45, 7) is 1.46. The second-order valence-corrected chi connectivity index (χ2v) is 5.40. The predicted octanol–water partition coefficient (Wildman–Crippen LogP) is 1.82. The van der Waals surface area contributed by atoms with E-state index in [0.29, 0.717) is 6.07 Å². The molecule has 14 heavy (non-hydrogen) atoms. The smallest absolute Gasteiger partial charge is 0.151 e. The van der Waals surface area contributed by atoms with E-state index in [1.165, 1.54) is 13.0 Å². The lowest BCUT2D eigenvalue weighted by Gasteiger charge is -2.04. The Balaban J connectivity index is 3.17. The van der Waals surface area contributed by atoms with Crippen LogP contribution in [0, 0.1) is 18.6 Å². The first kappa shape index (κ1) is 11.1. The van der Waals surface area contributed by atoms with Gasteiger partial charge in [0.1, 0.15) is 11.6 Å². The minimum absolute atomic E-state index is 0.00593. The monoisotopic (exact) mass is 220 g/mol. The molecule has 0 spiro atoms. The molecule has 0 aromatic heterocycles. The number of benzene rings is 1. The molecular weight excluding hydrogens is 210 g/mol. The number of hydrogen-bond donors (Lipinski definition) is 0. The van der Waals surface area contributed by atoms with Crippen LogP contribution in [0.3, 0.4) is 0 Å². The zero-order valence-corrected chi connectivity index (χ0v) is 8.66. The normalized spacial score (nSPS) is 11.7. The fraction of sp³-hybridized carbons (Fsp3) is 0.333. The van der Waals surface area contributed by atoms with Crippen molar-refractivity contribution in [2.75, 3.05) is 6.26 Å². The van der Waals surface area contributed by atoms with Crippen molar-refractivity contribution in [3.63, 3.8) is 0 Å². The molecule has 1 aromatic carbocycles. The standard InChI is InChI=1S/C9H10F2O2S/c1-6-3-7(5-14(2,12)13)9(11)4-8(6)10/h3-4H,5H2,1-2H3. The second kappa shape index (κ2) is 3.65. The highest BCUT2D eigenvalue weighted by Gasteiger charge is 2.11. The van der Waals surface area contributed by atoms with Crippen LogP contribution in [-0.4, -0.2) is 14.7 Å². The first-order valence-electron chi connectivity index (χ1n) is 3.92. The third kappa shape index (κ3) is 2.77. The number of aryl methyl sites for hydroxylation is 1. The van der Waals surface area contributed by atoms with E-state index in [9.17, 15) is 17.2 Å². The first-order chi connectivity index (χ1) is 6.29. The van der Waals surface area contributed by atoms with Gasteiger partial charge in [0.15, 0.2) is 9.84 Å². The lowest BCUT2D eigenvalue weighted by molar-refractivity contribution is 0.566. The Morgan fingerprint density at radius 1 is 1.21 bits per heavy atom. The predicted molar refractivity (Wildman–Crippen MR) is 49.6 cm³/mol. The van der Waals surface area contributed by atoms with E-state index in [1.807, 2.05) is 0 Å². The number of hydrogen-bond acceptors (Lipinski definition) is 2. The Morgan fingerprint density at radius 2 is 1.79 bits per heavy atom. The van der Waals surface area contributed by atoms with Crippen molar-refractivity contribution in [1.82, 2.24) is 0 Å². The topological polar surface area (TPSA) is 34.1 Å². The Hall–Kier alpha value is -0.970. The summed E-state index contributed by atoms with van der Waals surface area (Å²) < 4.78 is 47.6. The van der Waals surface area contributed by atoms with Crippen molar-refractivity contribution in [2.24, 2.45) is 0 Å². The molecule has 0 saturated heterocycles. The van der Waals surface area contributed by atoms with Gasteiger partial charge in [0.2, 0.25) is 0 Å². The van der Waals surface area contributed by atoms with Gasteiger partial charge in [-0.25, -0.2) is 17.2 Å². The molecule has 0 aliphatic heterocycles. The van der Waals surface area contributed by atoms with Gasteiger partial charge in [-0.3, -0.25) is 0 Å². The van der Waals surface area contributed by atoms with Crippen LogP contribution in [0.1, 0.15) is 11.1 Å². The summed E-state index contributed by atoms with van der Waals surface area (Å²) in [6, 6.07) is 1.92. The van der Waals surface area contributed by atoms with E-state index in [2.05, 4.69) is 0 Å². The summed E-state index contributed by atoms with van der Waals surface area (Å²) in [5, 5.41) is 0. The van der Waals surface area contributed by atoms with Gasteiger partial charge >= 0.3 is 0 Å². The SMILES string of the molecule is Cc1cc(CS(C)(=O)=O)c(F)cc1F. The molecule has 0 aliphatic rings. The molecule has 0 bridgehead atoms. The molecule has 1 rings (SSSR count). The van der Waals surface area contributed by atoms with Crippen LogP contribution in [0.25, 0.3) is 0 Å². The molecule has 0 fully saturated rings. The Labute approximate surface area is 81.5 Å². The van der Waals surface area contributed by atoms with Gasteiger partial charge in [-0.1, -0.05) is 0 Å². The van der Waals surface area contributed by atoms with Gasteiger partial charge in [0.25, 0.3) is 0 Å². The van der Waals surface area contributed by atoms with Crippen molar-refractivity contribution in [3.05, 3.63) is 34.9 Å². The molecule has 0 atom stereocenters. The first-order valence-corrected chi connectivity index (χ1v) is 5.98. The van der Waals surface area contributed by atoms with Gasteiger partial charge in [-0.2, -0.15) is 0 Å². The van der Waals surface area contributed by atoms with Crippen LogP contribution in [0.4, 0.5) is 8.78 Å². The molecule has 0 saturated carbocycles. The fourth-order valence-corrected chi connectivity index (χ4v) is 1.90. The van der Waals surface area contributed by atoms with E-state index in [1.54, 1.807) is 0 Å². The largest absolute Gasteiger partial charge is 0.229 e. The molecule has 1 aromatic rings. The molecule has 78 valence electrons. The molecule has 0 aliphatic carbocycles. The Bertz CT molecular complexity index is 452. The highest BCUT2D eigenvalue weighted by molar-refractivity contribution is 7.89. The van der Waals surface area contributed by atoms with Crippen LogP contribution in [-0.2, 0) is 15.6 Å². The molecule has 5 heteroatoms. The highest BCUT2D eigenvalue weighted by Crippen LogP contribution is 2.16. The number of halogens is 2. The third-order valence-electron chi connectivity index (χ3n) is 1.75. The van der Waals surface area contributed by atoms with Crippen LogP contribution in [0.15, 0.2) is 12.1 Å². The highest BCUT2D eigenvalue weighted by atomic mass is 32.2. The maximum Gasteiger partial charge on any atom is 0.151 e. The Morgan fingerprint density at radius 3 is 2.29 bits per heavy atom. The van der Waals surface area contributed by atoms with Gasteiger partial charge in [0.05, 0.1) is 5.75 Å². The molecule has 0 N–H and O–H groups in total.